The molecule has 1 aromatic carbocycles. The second-order valence-corrected chi connectivity index (χ2v) is 5.09. The van der Waals surface area contributed by atoms with Crippen LogP contribution < -0.4 is 5.32 Å². The Bertz CT molecular complexity index is 696. The molecule has 0 atom stereocenters. The Morgan fingerprint density at radius 1 is 1.16 bits per heavy atom. The molecule has 19 heavy (non-hydrogen) atoms. The molecule has 0 saturated carbocycles. The second-order valence-electron chi connectivity index (χ2n) is 4.19. The molecule has 2 N–H and O–H groups in total. The van der Waals surface area contributed by atoms with Crippen molar-refractivity contribution in [3.63, 3.8) is 0 Å². The fraction of sp³-hybridized carbons (Fsp3) is 0.143. The van der Waals surface area contributed by atoms with E-state index in [1.807, 2.05) is 35.7 Å². The molecule has 0 unspecified atom stereocenters. The normalized spacial score (nSPS) is 10.8. The average molecular weight is 271 g/mol. The number of anilines is 1. The number of aliphatic hydroxyl groups excluding tert-OH is 1. The number of fused-ring (bicyclic) bond motifs is 1. The summed E-state index contributed by atoms with van der Waals surface area (Å²) in [4.78, 5) is 9.48. The van der Waals surface area contributed by atoms with E-state index in [1.165, 1.54) is 0 Å². The zero-order chi connectivity index (χ0) is 13.1. The third kappa shape index (κ3) is 2.57. The Morgan fingerprint density at radius 3 is 2.95 bits per heavy atom. The van der Waals surface area contributed by atoms with Gasteiger partial charge in [0.1, 0.15) is 17.0 Å². The summed E-state index contributed by atoms with van der Waals surface area (Å²) in [6.07, 6.45) is 1.57. The van der Waals surface area contributed by atoms with Crippen molar-refractivity contribution < 1.29 is 5.11 Å². The standard InChI is InChI=1S/C14H13N3OS/c18-8-11-3-1-2-10(6-11)7-15-13-12-4-5-19-14(12)17-9-16-13/h1-6,9,18H,7-8H2,(H,15,16,17). The van der Waals surface area contributed by atoms with E-state index in [-0.39, 0.29) is 6.61 Å². The first kappa shape index (κ1) is 12.1. The maximum atomic E-state index is 9.12. The minimum absolute atomic E-state index is 0.0656. The summed E-state index contributed by atoms with van der Waals surface area (Å²) < 4.78 is 0. The van der Waals surface area contributed by atoms with E-state index in [1.54, 1.807) is 17.7 Å². The van der Waals surface area contributed by atoms with Gasteiger partial charge < -0.3 is 10.4 Å². The van der Waals surface area contributed by atoms with Crippen molar-refractivity contribution in [3.8, 4) is 0 Å². The van der Waals surface area contributed by atoms with Crippen LogP contribution in [0.2, 0.25) is 0 Å². The lowest BCUT2D eigenvalue weighted by Crippen LogP contribution is -2.02. The van der Waals surface area contributed by atoms with Crippen molar-refractivity contribution in [2.24, 2.45) is 0 Å². The van der Waals surface area contributed by atoms with Crippen LogP contribution in [0.3, 0.4) is 0 Å². The Labute approximate surface area is 114 Å². The monoisotopic (exact) mass is 271 g/mol. The van der Waals surface area contributed by atoms with Gasteiger partial charge >= 0.3 is 0 Å². The largest absolute Gasteiger partial charge is 0.392 e. The second kappa shape index (κ2) is 5.34. The molecule has 0 aliphatic rings. The van der Waals surface area contributed by atoms with Gasteiger partial charge in [0.2, 0.25) is 0 Å². The van der Waals surface area contributed by atoms with Crippen LogP contribution in [0.25, 0.3) is 10.2 Å². The molecule has 0 spiro atoms. The number of hydrogen-bond donors (Lipinski definition) is 2. The smallest absolute Gasteiger partial charge is 0.138 e. The van der Waals surface area contributed by atoms with Gasteiger partial charge in [-0.05, 0) is 22.6 Å². The molecule has 3 aromatic rings. The number of rotatable bonds is 4. The topological polar surface area (TPSA) is 58.0 Å². The van der Waals surface area contributed by atoms with Gasteiger partial charge in [-0.1, -0.05) is 24.3 Å². The lowest BCUT2D eigenvalue weighted by atomic mass is 10.1. The number of aliphatic hydroxyl groups is 1. The van der Waals surface area contributed by atoms with E-state index >= 15 is 0 Å². The third-order valence-electron chi connectivity index (χ3n) is 2.90. The van der Waals surface area contributed by atoms with Gasteiger partial charge in [-0.15, -0.1) is 11.3 Å². The molecule has 2 heterocycles. The number of thiophene rings is 1. The molecule has 5 heteroatoms. The summed E-state index contributed by atoms with van der Waals surface area (Å²) >= 11 is 1.61. The summed E-state index contributed by atoms with van der Waals surface area (Å²) in [7, 11) is 0. The van der Waals surface area contributed by atoms with Crippen molar-refractivity contribution in [1.29, 1.82) is 0 Å². The number of nitrogens with one attached hydrogen (secondary N) is 1. The third-order valence-corrected chi connectivity index (χ3v) is 3.72. The van der Waals surface area contributed by atoms with Gasteiger partial charge in [-0.25, -0.2) is 9.97 Å². The van der Waals surface area contributed by atoms with Crippen molar-refractivity contribution in [3.05, 3.63) is 53.2 Å². The molecule has 0 radical (unpaired) electrons. The minimum atomic E-state index is 0.0656. The highest BCUT2D eigenvalue weighted by molar-refractivity contribution is 7.16. The quantitative estimate of drug-likeness (QED) is 0.766. The Morgan fingerprint density at radius 2 is 2.05 bits per heavy atom. The van der Waals surface area contributed by atoms with Crippen LogP contribution in [0.1, 0.15) is 11.1 Å². The van der Waals surface area contributed by atoms with Gasteiger partial charge in [0.25, 0.3) is 0 Å². The van der Waals surface area contributed by atoms with Crippen LogP contribution >= 0.6 is 11.3 Å². The van der Waals surface area contributed by atoms with Crippen molar-refractivity contribution in [1.82, 2.24) is 9.97 Å². The first-order valence-electron chi connectivity index (χ1n) is 5.97. The molecule has 0 fully saturated rings. The summed E-state index contributed by atoms with van der Waals surface area (Å²) in [6.45, 7) is 0.742. The van der Waals surface area contributed by atoms with Crippen LogP contribution in [0, 0.1) is 0 Å². The van der Waals surface area contributed by atoms with E-state index in [0.29, 0.717) is 6.54 Å². The van der Waals surface area contributed by atoms with E-state index in [2.05, 4.69) is 15.3 Å². The fourth-order valence-corrected chi connectivity index (χ4v) is 2.69. The van der Waals surface area contributed by atoms with Crippen LogP contribution in [0.15, 0.2) is 42.0 Å². The summed E-state index contributed by atoms with van der Waals surface area (Å²) in [5.41, 5.74) is 2.04. The first-order valence-corrected chi connectivity index (χ1v) is 6.85. The zero-order valence-electron chi connectivity index (χ0n) is 10.2. The maximum Gasteiger partial charge on any atom is 0.138 e. The summed E-state index contributed by atoms with van der Waals surface area (Å²) in [6, 6.07) is 9.89. The van der Waals surface area contributed by atoms with Gasteiger partial charge in [0.15, 0.2) is 0 Å². The number of nitrogens with zero attached hydrogens (tertiary/aromatic N) is 2. The van der Waals surface area contributed by atoms with Crippen LogP contribution in [-0.2, 0) is 13.2 Å². The highest BCUT2D eigenvalue weighted by Gasteiger charge is 2.04. The average Bonchev–Trinajstić information content (AvgIpc) is 2.94. The molecule has 2 aromatic heterocycles. The molecule has 0 bridgehead atoms. The molecular weight excluding hydrogens is 258 g/mol. The van der Waals surface area contributed by atoms with Gasteiger partial charge in [0.05, 0.1) is 12.0 Å². The highest BCUT2D eigenvalue weighted by atomic mass is 32.1. The van der Waals surface area contributed by atoms with Crippen molar-refractivity contribution in [2.45, 2.75) is 13.2 Å². The van der Waals surface area contributed by atoms with Crippen molar-refractivity contribution in [2.75, 3.05) is 5.32 Å². The SMILES string of the molecule is OCc1cccc(CNc2ncnc3sccc23)c1. The van der Waals surface area contributed by atoms with Gasteiger partial charge in [-0.3, -0.25) is 0 Å². The molecular formula is C14H13N3OS. The predicted octanol–water partition coefficient (Wildman–Crippen LogP) is 2.80. The summed E-state index contributed by atoms with van der Waals surface area (Å²) in [5.74, 6) is 0.848. The van der Waals surface area contributed by atoms with Crippen LogP contribution in [0.5, 0.6) is 0 Å². The number of benzene rings is 1. The Kier molecular flexibility index (Phi) is 3.39. The molecule has 0 aliphatic carbocycles. The number of aromatic nitrogens is 2. The first-order chi connectivity index (χ1) is 9.36. The van der Waals surface area contributed by atoms with E-state index < -0.39 is 0 Å². The molecule has 3 rings (SSSR count). The van der Waals surface area contributed by atoms with Gasteiger partial charge in [-0.2, -0.15) is 0 Å². The highest BCUT2D eigenvalue weighted by Crippen LogP contribution is 2.24. The van der Waals surface area contributed by atoms with Crippen LogP contribution in [0.4, 0.5) is 5.82 Å². The van der Waals surface area contributed by atoms with Crippen LogP contribution in [-0.4, -0.2) is 15.1 Å². The van der Waals surface area contributed by atoms with Gasteiger partial charge in [0, 0.05) is 6.54 Å². The summed E-state index contributed by atoms with van der Waals surface area (Å²) in [5, 5.41) is 15.5. The molecule has 0 saturated heterocycles. The lowest BCUT2D eigenvalue weighted by molar-refractivity contribution is 0.281. The lowest BCUT2D eigenvalue weighted by Gasteiger charge is -2.07. The predicted molar refractivity (Wildman–Crippen MR) is 77.1 cm³/mol. The van der Waals surface area contributed by atoms with E-state index in [4.69, 9.17) is 5.11 Å². The Hall–Kier alpha value is -1.98. The molecule has 96 valence electrons. The molecule has 0 aliphatic heterocycles. The van der Waals surface area contributed by atoms with E-state index in [9.17, 15) is 0 Å². The fourth-order valence-electron chi connectivity index (χ4n) is 1.95. The number of hydrogen-bond acceptors (Lipinski definition) is 5. The Balaban J connectivity index is 1.80. The molecule has 0 amide bonds. The minimum Gasteiger partial charge on any atom is -0.392 e. The maximum absolute atomic E-state index is 9.12. The molecule has 4 nitrogen and oxygen atoms in total. The van der Waals surface area contributed by atoms with E-state index in [0.717, 1.165) is 27.2 Å². The zero-order valence-corrected chi connectivity index (χ0v) is 11.0. The van der Waals surface area contributed by atoms with Crippen molar-refractivity contribution >= 4 is 27.4 Å².